The molecule has 2 N–H and O–H groups in total. The number of hydrogen-bond donors (Lipinski definition) is 1. The third-order valence-corrected chi connectivity index (χ3v) is 3.41. The molecule has 0 aliphatic rings. The van der Waals surface area contributed by atoms with Crippen LogP contribution in [-0.2, 0) is 6.54 Å². The van der Waals surface area contributed by atoms with Crippen molar-refractivity contribution in [3.05, 3.63) is 40.8 Å². The Bertz CT molecular complexity index is 851. The third kappa shape index (κ3) is 2.58. The average molecular weight is 306 g/mol. The maximum absolute atomic E-state index is 12.0. The minimum Gasteiger partial charge on any atom is -0.415 e. The lowest BCUT2D eigenvalue weighted by Gasteiger charge is -1.95. The predicted octanol–water partition coefficient (Wildman–Crippen LogP) is -0.230. The summed E-state index contributed by atoms with van der Waals surface area (Å²) in [6.07, 6.45) is 1.55. The first kappa shape index (κ1) is 13.5. The van der Waals surface area contributed by atoms with E-state index < -0.39 is 11.6 Å². The van der Waals surface area contributed by atoms with Gasteiger partial charge >= 0.3 is 5.69 Å². The molecule has 108 valence electrons. The molecular weight excluding hydrogens is 296 g/mol. The number of aromatic nitrogens is 5. The Kier molecular flexibility index (Phi) is 3.54. The number of rotatable bonds is 4. The number of hydrogen-bond acceptors (Lipinski definition) is 8. The maximum Gasteiger partial charge on any atom is 0.357 e. The molecule has 0 aromatic carbocycles. The molecule has 0 saturated carbocycles. The highest BCUT2D eigenvalue weighted by molar-refractivity contribution is 7.99. The molecule has 0 amide bonds. The largest absolute Gasteiger partial charge is 0.415 e. The van der Waals surface area contributed by atoms with E-state index in [1.165, 1.54) is 4.40 Å². The monoisotopic (exact) mass is 306 g/mol. The second-order valence-electron chi connectivity index (χ2n) is 3.97. The Labute approximate surface area is 121 Å². The van der Waals surface area contributed by atoms with Crippen molar-refractivity contribution in [2.45, 2.75) is 11.8 Å². The van der Waals surface area contributed by atoms with Crippen molar-refractivity contribution in [1.82, 2.24) is 24.4 Å². The summed E-state index contributed by atoms with van der Waals surface area (Å²) >= 11 is 1.02. The molecule has 0 aliphatic heterocycles. The van der Waals surface area contributed by atoms with Crippen molar-refractivity contribution in [3.63, 3.8) is 0 Å². The van der Waals surface area contributed by atoms with Gasteiger partial charge in [-0.3, -0.25) is 4.79 Å². The van der Waals surface area contributed by atoms with Gasteiger partial charge in [-0.2, -0.15) is 0 Å². The summed E-state index contributed by atoms with van der Waals surface area (Å²) < 4.78 is 7.27. The lowest BCUT2D eigenvalue weighted by Crippen LogP contribution is -2.28. The van der Waals surface area contributed by atoms with E-state index in [1.807, 2.05) is 0 Å². The van der Waals surface area contributed by atoms with Gasteiger partial charge in [-0.1, -0.05) is 17.8 Å². The minimum absolute atomic E-state index is 0.0456. The van der Waals surface area contributed by atoms with Gasteiger partial charge < -0.3 is 10.2 Å². The lowest BCUT2D eigenvalue weighted by atomic mass is 10.5. The molecule has 0 fully saturated rings. The molecule has 0 atom stereocenters. The molecule has 0 bridgehead atoms. The summed E-state index contributed by atoms with van der Waals surface area (Å²) in [6.45, 7) is 0.132. The molecule has 0 radical (unpaired) electrons. The van der Waals surface area contributed by atoms with Gasteiger partial charge in [0.25, 0.3) is 11.1 Å². The molecule has 3 rings (SSSR count). The Morgan fingerprint density at radius 2 is 2.24 bits per heavy atom. The number of thioether (sulfide) groups is 1. The van der Waals surface area contributed by atoms with Crippen molar-refractivity contribution >= 4 is 23.3 Å². The first-order chi connectivity index (χ1) is 10.2. The molecule has 9 nitrogen and oxygen atoms in total. The van der Waals surface area contributed by atoms with Gasteiger partial charge in [0.2, 0.25) is 5.89 Å². The topological polar surface area (TPSA) is 121 Å². The van der Waals surface area contributed by atoms with Crippen molar-refractivity contribution < 1.29 is 9.21 Å². The van der Waals surface area contributed by atoms with E-state index in [1.54, 1.807) is 24.4 Å². The van der Waals surface area contributed by atoms with E-state index in [0.717, 1.165) is 16.4 Å². The number of carbonyl (C=O) groups excluding carboxylic acids is 1. The van der Waals surface area contributed by atoms with E-state index in [9.17, 15) is 9.59 Å². The zero-order chi connectivity index (χ0) is 14.8. The number of nitrogens with two attached hydrogens (primary N) is 1. The Balaban J connectivity index is 1.78. The standard InChI is InChI=1S/C11H10N6O3S/c12-5-8-13-14-10(20-8)21-6-9(18)17-11(19)16-4-2-1-3-7(16)15-17/h1-4H,5-6,12H2. The summed E-state index contributed by atoms with van der Waals surface area (Å²) in [5.41, 5.74) is 5.24. The highest BCUT2D eigenvalue weighted by Gasteiger charge is 2.15. The first-order valence-electron chi connectivity index (χ1n) is 5.94. The molecule has 3 heterocycles. The molecule has 0 unspecified atom stereocenters. The summed E-state index contributed by atoms with van der Waals surface area (Å²) in [5, 5.41) is 11.6. The van der Waals surface area contributed by atoms with Crippen LogP contribution in [0.15, 0.2) is 38.8 Å². The fourth-order valence-corrected chi connectivity index (χ4v) is 2.27. The Hall–Kier alpha value is -2.46. The summed E-state index contributed by atoms with van der Waals surface area (Å²) in [4.78, 5) is 24.0. The van der Waals surface area contributed by atoms with E-state index in [2.05, 4.69) is 15.3 Å². The molecule has 0 aliphatic carbocycles. The fourth-order valence-electron chi connectivity index (χ4n) is 1.65. The first-order valence-corrected chi connectivity index (χ1v) is 6.92. The summed E-state index contributed by atoms with van der Waals surface area (Å²) in [6, 6.07) is 5.06. The van der Waals surface area contributed by atoms with Crippen LogP contribution < -0.4 is 11.4 Å². The SMILES string of the molecule is NCc1nnc(SCC(=O)n2nc3ccccn3c2=O)o1. The van der Waals surface area contributed by atoms with Crippen LogP contribution in [-0.4, -0.2) is 36.0 Å². The van der Waals surface area contributed by atoms with Gasteiger partial charge in [0.15, 0.2) is 5.65 Å². The average Bonchev–Trinajstić information content (AvgIpc) is 3.10. The van der Waals surface area contributed by atoms with Gasteiger partial charge in [-0.05, 0) is 12.1 Å². The van der Waals surface area contributed by atoms with Crippen molar-refractivity contribution in [2.24, 2.45) is 5.73 Å². The highest BCUT2D eigenvalue weighted by Crippen LogP contribution is 2.15. The smallest absolute Gasteiger partial charge is 0.357 e. The van der Waals surface area contributed by atoms with Crippen molar-refractivity contribution in [3.8, 4) is 0 Å². The van der Waals surface area contributed by atoms with Crippen LogP contribution in [0.5, 0.6) is 0 Å². The lowest BCUT2D eigenvalue weighted by molar-refractivity contribution is 0.0922. The van der Waals surface area contributed by atoms with Gasteiger partial charge in [-0.15, -0.1) is 20.0 Å². The predicted molar refractivity (Wildman–Crippen MR) is 73.0 cm³/mol. The van der Waals surface area contributed by atoms with Crippen LogP contribution >= 0.6 is 11.8 Å². The van der Waals surface area contributed by atoms with Crippen LogP contribution in [0.1, 0.15) is 10.7 Å². The van der Waals surface area contributed by atoms with Crippen molar-refractivity contribution in [1.29, 1.82) is 0 Å². The molecule has 0 spiro atoms. The van der Waals surface area contributed by atoms with Crippen LogP contribution in [0.4, 0.5) is 0 Å². The van der Waals surface area contributed by atoms with Crippen LogP contribution in [0.3, 0.4) is 0 Å². The normalized spacial score (nSPS) is 11.1. The van der Waals surface area contributed by atoms with Gasteiger partial charge in [0.05, 0.1) is 12.3 Å². The number of pyridine rings is 1. The van der Waals surface area contributed by atoms with Gasteiger partial charge in [0, 0.05) is 6.20 Å². The van der Waals surface area contributed by atoms with E-state index in [4.69, 9.17) is 10.2 Å². The molecule has 3 aromatic heterocycles. The quantitative estimate of drug-likeness (QED) is 0.656. The van der Waals surface area contributed by atoms with Crippen LogP contribution in [0, 0.1) is 0 Å². The van der Waals surface area contributed by atoms with Crippen LogP contribution in [0.25, 0.3) is 5.65 Å². The van der Waals surface area contributed by atoms with Crippen LogP contribution in [0.2, 0.25) is 0 Å². The number of carbonyl (C=O) groups is 1. The Morgan fingerprint density at radius 1 is 1.38 bits per heavy atom. The second-order valence-corrected chi connectivity index (χ2v) is 4.90. The van der Waals surface area contributed by atoms with Gasteiger partial charge in [0.1, 0.15) is 0 Å². The van der Waals surface area contributed by atoms with E-state index in [-0.39, 0.29) is 23.4 Å². The number of nitrogens with zero attached hydrogens (tertiary/aromatic N) is 5. The summed E-state index contributed by atoms with van der Waals surface area (Å²) in [5.74, 6) is -0.230. The number of fused-ring (bicyclic) bond motifs is 1. The summed E-state index contributed by atoms with van der Waals surface area (Å²) in [7, 11) is 0. The molecule has 10 heteroatoms. The zero-order valence-electron chi connectivity index (χ0n) is 10.7. The molecular formula is C11H10N6O3S. The third-order valence-electron chi connectivity index (χ3n) is 2.61. The highest BCUT2D eigenvalue weighted by atomic mass is 32.2. The van der Waals surface area contributed by atoms with Crippen molar-refractivity contribution in [2.75, 3.05) is 5.75 Å². The maximum atomic E-state index is 12.0. The second kappa shape index (κ2) is 5.50. The molecule has 3 aromatic rings. The van der Waals surface area contributed by atoms with Gasteiger partial charge in [-0.25, -0.2) is 9.20 Å². The van der Waals surface area contributed by atoms with E-state index in [0.29, 0.717) is 5.65 Å². The molecule has 21 heavy (non-hydrogen) atoms. The van der Waals surface area contributed by atoms with E-state index >= 15 is 0 Å². The molecule has 0 saturated heterocycles. The zero-order valence-corrected chi connectivity index (χ0v) is 11.5. The minimum atomic E-state index is -0.510. The fraction of sp³-hybridized carbons (Fsp3) is 0.182. The Morgan fingerprint density at radius 3 is 2.95 bits per heavy atom.